The molecule has 0 aliphatic carbocycles. The summed E-state index contributed by atoms with van der Waals surface area (Å²) in [6, 6.07) is 6.07. The van der Waals surface area contributed by atoms with E-state index in [1.165, 1.54) is 0 Å². The van der Waals surface area contributed by atoms with Crippen molar-refractivity contribution in [1.29, 1.82) is 0 Å². The van der Waals surface area contributed by atoms with E-state index in [0.717, 1.165) is 35.1 Å². The molecule has 1 atom stereocenters. The molecule has 0 aliphatic rings. The van der Waals surface area contributed by atoms with Crippen LogP contribution in [0.1, 0.15) is 12.5 Å². The lowest BCUT2D eigenvalue weighted by Crippen LogP contribution is -2.36. The molecule has 4 heteroatoms. The minimum Gasteiger partial charge on any atom is -0.313 e. The summed E-state index contributed by atoms with van der Waals surface area (Å²) < 4.78 is 0. The summed E-state index contributed by atoms with van der Waals surface area (Å²) in [6.07, 6.45) is 0.900. The van der Waals surface area contributed by atoms with Crippen molar-refractivity contribution in [1.82, 2.24) is 10.2 Å². The SMILES string of the molecule is CC(CN(C)C)NCCc1cc(Cl)ccc1Cl. The smallest absolute Gasteiger partial charge is 0.0439 e. The van der Waals surface area contributed by atoms with Crippen LogP contribution in [0, 0.1) is 0 Å². The highest BCUT2D eigenvalue weighted by Crippen LogP contribution is 2.20. The van der Waals surface area contributed by atoms with Crippen LogP contribution in [0.5, 0.6) is 0 Å². The maximum absolute atomic E-state index is 6.10. The molecule has 0 aliphatic heterocycles. The van der Waals surface area contributed by atoms with E-state index >= 15 is 0 Å². The summed E-state index contributed by atoms with van der Waals surface area (Å²) in [6.45, 7) is 4.12. The summed E-state index contributed by atoms with van der Waals surface area (Å²) >= 11 is 12.0. The van der Waals surface area contributed by atoms with Crippen LogP contribution in [0.2, 0.25) is 10.0 Å². The molecule has 0 radical (unpaired) electrons. The van der Waals surface area contributed by atoms with Gasteiger partial charge in [-0.1, -0.05) is 23.2 Å². The van der Waals surface area contributed by atoms with Crippen molar-refractivity contribution in [2.75, 3.05) is 27.2 Å². The Morgan fingerprint density at radius 3 is 2.65 bits per heavy atom. The Bertz CT molecular complexity index is 353. The Hall–Kier alpha value is -0.280. The number of benzene rings is 1. The van der Waals surface area contributed by atoms with Gasteiger partial charge in [-0.25, -0.2) is 0 Å². The first-order chi connectivity index (χ1) is 7.99. The minimum atomic E-state index is 0.475. The van der Waals surface area contributed by atoms with Crippen molar-refractivity contribution in [3.63, 3.8) is 0 Å². The maximum atomic E-state index is 6.10. The van der Waals surface area contributed by atoms with Gasteiger partial charge in [0.2, 0.25) is 0 Å². The molecule has 1 N–H and O–H groups in total. The van der Waals surface area contributed by atoms with E-state index in [1.807, 2.05) is 18.2 Å². The van der Waals surface area contributed by atoms with E-state index in [1.54, 1.807) is 0 Å². The average molecular weight is 275 g/mol. The number of halogens is 2. The first-order valence-electron chi connectivity index (χ1n) is 5.81. The van der Waals surface area contributed by atoms with Crippen molar-refractivity contribution < 1.29 is 0 Å². The normalized spacial score (nSPS) is 13.1. The second kappa shape index (κ2) is 7.22. The molecular formula is C13H20Cl2N2. The second-order valence-corrected chi connectivity index (χ2v) is 5.45. The van der Waals surface area contributed by atoms with E-state index in [0.29, 0.717) is 6.04 Å². The molecule has 0 saturated carbocycles. The molecule has 2 nitrogen and oxygen atoms in total. The van der Waals surface area contributed by atoms with Crippen LogP contribution in [-0.4, -0.2) is 38.1 Å². The monoisotopic (exact) mass is 274 g/mol. The predicted molar refractivity (Wildman–Crippen MR) is 76.2 cm³/mol. The molecule has 96 valence electrons. The Morgan fingerprint density at radius 2 is 2.00 bits per heavy atom. The molecule has 17 heavy (non-hydrogen) atoms. The highest BCUT2D eigenvalue weighted by molar-refractivity contribution is 6.33. The summed E-state index contributed by atoms with van der Waals surface area (Å²) in [5.74, 6) is 0. The molecule has 0 spiro atoms. The maximum Gasteiger partial charge on any atom is 0.0439 e. The first-order valence-corrected chi connectivity index (χ1v) is 6.56. The van der Waals surface area contributed by atoms with Crippen LogP contribution in [0.25, 0.3) is 0 Å². The second-order valence-electron chi connectivity index (χ2n) is 4.60. The van der Waals surface area contributed by atoms with Crippen LogP contribution in [-0.2, 0) is 6.42 Å². The highest BCUT2D eigenvalue weighted by Gasteiger charge is 2.04. The standard InChI is InChI=1S/C13H20Cl2N2/c1-10(9-17(2)3)16-7-6-11-8-12(14)4-5-13(11)15/h4-5,8,10,16H,6-7,9H2,1-3H3. The molecule has 0 heterocycles. The Labute approximate surface area is 114 Å². The molecule has 0 aromatic heterocycles. The molecule has 0 fully saturated rings. The van der Waals surface area contributed by atoms with Gasteiger partial charge in [0, 0.05) is 22.6 Å². The van der Waals surface area contributed by atoms with Gasteiger partial charge < -0.3 is 10.2 Å². The van der Waals surface area contributed by atoms with Crippen molar-refractivity contribution in [2.45, 2.75) is 19.4 Å². The number of nitrogens with zero attached hydrogens (tertiary/aromatic N) is 1. The van der Waals surface area contributed by atoms with E-state index in [4.69, 9.17) is 23.2 Å². The molecule has 1 rings (SSSR count). The third kappa shape index (κ3) is 5.73. The molecule has 1 aromatic carbocycles. The fourth-order valence-electron chi connectivity index (χ4n) is 1.80. The number of likely N-dealkylation sites (N-methyl/N-ethyl adjacent to an activating group) is 1. The van der Waals surface area contributed by atoms with E-state index < -0.39 is 0 Å². The Morgan fingerprint density at radius 1 is 1.29 bits per heavy atom. The number of nitrogens with one attached hydrogen (secondary N) is 1. The number of hydrogen-bond donors (Lipinski definition) is 1. The lowest BCUT2D eigenvalue weighted by atomic mass is 10.1. The van der Waals surface area contributed by atoms with Gasteiger partial charge in [-0.15, -0.1) is 0 Å². The van der Waals surface area contributed by atoms with Crippen LogP contribution in [0.3, 0.4) is 0 Å². The van der Waals surface area contributed by atoms with Crippen molar-refractivity contribution in [3.8, 4) is 0 Å². The zero-order valence-corrected chi connectivity index (χ0v) is 12.1. The topological polar surface area (TPSA) is 15.3 Å². The lowest BCUT2D eigenvalue weighted by Gasteiger charge is -2.18. The zero-order valence-electron chi connectivity index (χ0n) is 10.6. The number of hydrogen-bond acceptors (Lipinski definition) is 2. The molecule has 0 bridgehead atoms. The predicted octanol–water partition coefficient (Wildman–Crippen LogP) is 3.08. The van der Waals surface area contributed by atoms with Gasteiger partial charge in [0.1, 0.15) is 0 Å². The van der Waals surface area contributed by atoms with E-state index in [-0.39, 0.29) is 0 Å². The van der Waals surface area contributed by atoms with Crippen LogP contribution in [0.15, 0.2) is 18.2 Å². The van der Waals surface area contributed by atoms with Crippen molar-refractivity contribution in [2.24, 2.45) is 0 Å². The molecule has 1 unspecified atom stereocenters. The van der Waals surface area contributed by atoms with Gasteiger partial charge >= 0.3 is 0 Å². The van der Waals surface area contributed by atoms with Crippen LogP contribution in [0.4, 0.5) is 0 Å². The van der Waals surface area contributed by atoms with Gasteiger partial charge in [0.15, 0.2) is 0 Å². The molecule has 0 saturated heterocycles. The Kier molecular flexibility index (Phi) is 6.28. The first kappa shape index (κ1) is 14.8. The lowest BCUT2D eigenvalue weighted by molar-refractivity contribution is 0.351. The largest absolute Gasteiger partial charge is 0.313 e. The summed E-state index contributed by atoms with van der Waals surface area (Å²) in [4.78, 5) is 2.17. The quantitative estimate of drug-likeness (QED) is 0.858. The van der Waals surface area contributed by atoms with E-state index in [2.05, 4.69) is 31.2 Å². The van der Waals surface area contributed by atoms with Gasteiger partial charge in [0.25, 0.3) is 0 Å². The average Bonchev–Trinajstić information content (AvgIpc) is 2.22. The fraction of sp³-hybridized carbons (Fsp3) is 0.538. The summed E-state index contributed by atoms with van der Waals surface area (Å²) in [7, 11) is 4.15. The third-order valence-electron chi connectivity index (χ3n) is 2.53. The van der Waals surface area contributed by atoms with Crippen LogP contribution < -0.4 is 5.32 Å². The van der Waals surface area contributed by atoms with Gasteiger partial charge in [-0.3, -0.25) is 0 Å². The summed E-state index contributed by atoms with van der Waals surface area (Å²) in [5.41, 5.74) is 1.10. The molecule has 0 amide bonds. The van der Waals surface area contributed by atoms with Gasteiger partial charge in [0.05, 0.1) is 0 Å². The van der Waals surface area contributed by atoms with Crippen LogP contribution >= 0.6 is 23.2 Å². The summed E-state index contributed by atoms with van der Waals surface area (Å²) in [5, 5.41) is 5.00. The van der Waals surface area contributed by atoms with Crippen molar-refractivity contribution in [3.05, 3.63) is 33.8 Å². The number of rotatable bonds is 6. The van der Waals surface area contributed by atoms with E-state index in [9.17, 15) is 0 Å². The van der Waals surface area contributed by atoms with Gasteiger partial charge in [-0.2, -0.15) is 0 Å². The minimum absolute atomic E-state index is 0.475. The molecular weight excluding hydrogens is 255 g/mol. The van der Waals surface area contributed by atoms with Crippen molar-refractivity contribution >= 4 is 23.2 Å². The Balaban J connectivity index is 2.38. The highest BCUT2D eigenvalue weighted by atomic mass is 35.5. The van der Waals surface area contributed by atoms with Gasteiger partial charge in [-0.05, 0) is 57.7 Å². The zero-order chi connectivity index (χ0) is 12.8. The molecule has 1 aromatic rings. The fourth-order valence-corrected chi connectivity index (χ4v) is 2.21. The third-order valence-corrected chi connectivity index (χ3v) is 3.14.